The van der Waals surface area contributed by atoms with Crippen molar-refractivity contribution in [1.82, 2.24) is 0 Å². The largest absolute Gasteiger partial charge is 0.0654 e. The first-order chi connectivity index (χ1) is 8.80. The minimum atomic E-state index is 0. The number of aryl methyl sites for hydroxylation is 3. The Bertz CT molecular complexity index is 266. The molecule has 0 nitrogen and oxygen atoms in total. The van der Waals surface area contributed by atoms with Crippen LogP contribution in [-0.2, 0) is 36.3 Å². The summed E-state index contributed by atoms with van der Waals surface area (Å²) in [4.78, 5) is 0. The van der Waals surface area contributed by atoms with E-state index in [2.05, 4.69) is 39.0 Å². The molecule has 0 spiro atoms. The molecule has 0 bridgehead atoms. The first-order valence-corrected chi connectivity index (χ1v) is 7.91. The Labute approximate surface area is 130 Å². The van der Waals surface area contributed by atoms with Crippen LogP contribution in [0.4, 0.5) is 0 Å². The molecule has 0 aliphatic heterocycles. The van der Waals surface area contributed by atoms with Crippen molar-refractivity contribution in [3.05, 3.63) is 34.9 Å². The van der Waals surface area contributed by atoms with Crippen LogP contribution in [0.2, 0.25) is 0 Å². The molecule has 1 aromatic carbocycles. The van der Waals surface area contributed by atoms with Gasteiger partial charge in [-0.2, -0.15) is 0 Å². The van der Waals surface area contributed by atoms with Gasteiger partial charge in [-0.15, -0.1) is 0 Å². The molecule has 0 aliphatic carbocycles. The van der Waals surface area contributed by atoms with Crippen molar-refractivity contribution in [3.63, 3.8) is 0 Å². The summed E-state index contributed by atoms with van der Waals surface area (Å²) in [6.45, 7) is 6.83. The van der Waals surface area contributed by atoms with Crippen LogP contribution in [0.1, 0.15) is 76.0 Å². The maximum atomic E-state index is 2.45. The Morgan fingerprint density at radius 2 is 0.842 bits per heavy atom. The van der Waals surface area contributed by atoms with E-state index in [1.165, 1.54) is 57.8 Å². The van der Waals surface area contributed by atoms with Crippen LogP contribution in [0.3, 0.4) is 0 Å². The second-order valence-electron chi connectivity index (χ2n) is 5.47. The zero-order valence-corrected chi connectivity index (χ0v) is 14.1. The topological polar surface area (TPSA) is 0 Å². The van der Waals surface area contributed by atoms with Crippen molar-refractivity contribution in [2.24, 2.45) is 0 Å². The summed E-state index contributed by atoms with van der Waals surface area (Å²) in [6, 6.07) is 7.34. The minimum Gasteiger partial charge on any atom is -0.0654 e. The number of rotatable bonds is 9. The Hall–Kier alpha value is -0.261. The summed E-state index contributed by atoms with van der Waals surface area (Å²) in [5.41, 5.74) is 4.70. The molecular weight excluding hydrogens is 272 g/mol. The van der Waals surface area contributed by atoms with Gasteiger partial charge in [0.05, 0.1) is 0 Å². The predicted octanol–water partition coefficient (Wildman–Crippen LogP) is 5.71. The van der Waals surface area contributed by atoms with Gasteiger partial charge < -0.3 is 0 Å². The van der Waals surface area contributed by atoms with Crippen LogP contribution in [-0.4, -0.2) is 0 Å². The van der Waals surface area contributed by atoms with Gasteiger partial charge in [0, 0.05) is 17.1 Å². The zero-order chi connectivity index (χ0) is 13.2. The van der Waals surface area contributed by atoms with Gasteiger partial charge in [0.25, 0.3) is 0 Å². The average Bonchev–Trinajstić information content (AvgIpc) is 2.40. The molecule has 0 heterocycles. The van der Waals surface area contributed by atoms with Crippen LogP contribution in [0, 0.1) is 0 Å². The minimum absolute atomic E-state index is 0. The van der Waals surface area contributed by atoms with E-state index in [1.807, 2.05) is 0 Å². The smallest absolute Gasteiger partial charge is 0 e. The molecule has 0 atom stereocenters. The van der Waals surface area contributed by atoms with Crippen LogP contribution >= 0.6 is 0 Å². The third-order valence-corrected chi connectivity index (χ3v) is 3.57. The Kier molecular flexibility index (Phi) is 11.4. The van der Waals surface area contributed by atoms with Crippen LogP contribution in [0.5, 0.6) is 0 Å². The molecule has 0 amide bonds. The molecule has 0 saturated carbocycles. The monoisotopic (exact) mass is 302 g/mol. The SMILES string of the molecule is CCCCc1cc(CCCC)cc(CCCC)c1.[Fe]. The van der Waals surface area contributed by atoms with Gasteiger partial charge in [-0.1, -0.05) is 58.2 Å². The molecule has 1 aromatic rings. The third-order valence-electron chi connectivity index (χ3n) is 3.57. The molecule has 1 rings (SSSR count). The number of hydrogen-bond donors (Lipinski definition) is 0. The Morgan fingerprint density at radius 3 is 1.05 bits per heavy atom. The number of benzene rings is 1. The van der Waals surface area contributed by atoms with E-state index in [0.717, 1.165) is 0 Å². The Balaban J connectivity index is 0.00000324. The quantitative estimate of drug-likeness (QED) is 0.512. The Morgan fingerprint density at radius 1 is 0.579 bits per heavy atom. The normalized spacial score (nSPS) is 10.3. The molecule has 0 unspecified atom stereocenters. The molecule has 0 fully saturated rings. The predicted molar refractivity (Wildman–Crippen MR) is 82.3 cm³/mol. The number of hydrogen-bond acceptors (Lipinski definition) is 0. The zero-order valence-electron chi connectivity index (χ0n) is 12.9. The van der Waals surface area contributed by atoms with Crippen LogP contribution in [0.25, 0.3) is 0 Å². The molecule has 19 heavy (non-hydrogen) atoms. The maximum absolute atomic E-state index is 2.45. The third kappa shape index (κ3) is 7.80. The molecule has 1 heteroatoms. The van der Waals surface area contributed by atoms with Gasteiger partial charge in [-0.05, 0) is 55.2 Å². The van der Waals surface area contributed by atoms with Gasteiger partial charge in [0.2, 0.25) is 0 Å². The van der Waals surface area contributed by atoms with Crippen molar-refractivity contribution in [2.45, 2.75) is 78.6 Å². The van der Waals surface area contributed by atoms with Gasteiger partial charge in [-0.25, -0.2) is 0 Å². The molecule has 0 saturated heterocycles. The van der Waals surface area contributed by atoms with E-state index in [9.17, 15) is 0 Å². The summed E-state index contributed by atoms with van der Waals surface area (Å²) < 4.78 is 0. The standard InChI is InChI=1S/C18H30.Fe/c1-4-7-10-16-13-17(11-8-5-2)15-18(14-16)12-9-6-3;/h13-15H,4-12H2,1-3H3;. The summed E-state index contributed by atoms with van der Waals surface area (Å²) in [5.74, 6) is 0. The number of unbranched alkanes of at least 4 members (excludes halogenated alkanes) is 3. The fourth-order valence-corrected chi connectivity index (χ4v) is 2.42. The second kappa shape index (κ2) is 11.6. The van der Waals surface area contributed by atoms with Crippen LogP contribution < -0.4 is 0 Å². The fourth-order valence-electron chi connectivity index (χ4n) is 2.42. The van der Waals surface area contributed by atoms with E-state index in [-0.39, 0.29) is 17.1 Å². The van der Waals surface area contributed by atoms with Gasteiger partial charge in [0.1, 0.15) is 0 Å². The molecule has 110 valence electrons. The first-order valence-electron chi connectivity index (χ1n) is 7.91. The van der Waals surface area contributed by atoms with Crippen molar-refractivity contribution >= 4 is 0 Å². The second-order valence-corrected chi connectivity index (χ2v) is 5.47. The van der Waals surface area contributed by atoms with Gasteiger partial charge in [0.15, 0.2) is 0 Å². The summed E-state index contributed by atoms with van der Waals surface area (Å²) in [5, 5.41) is 0. The van der Waals surface area contributed by atoms with Crippen molar-refractivity contribution < 1.29 is 17.1 Å². The molecule has 0 N–H and O–H groups in total. The van der Waals surface area contributed by atoms with Crippen molar-refractivity contribution in [2.75, 3.05) is 0 Å². The molecular formula is C18H30Fe. The van der Waals surface area contributed by atoms with Crippen molar-refractivity contribution in [1.29, 1.82) is 0 Å². The van der Waals surface area contributed by atoms with E-state index in [4.69, 9.17) is 0 Å². The average molecular weight is 302 g/mol. The summed E-state index contributed by atoms with van der Waals surface area (Å²) in [7, 11) is 0. The van der Waals surface area contributed by atoms with E-state index >= 15 is 0 Å². The summed E-state index contributed by atoms with van der Waals surface area (Å²) in [6.07, 6.45) is 11.6. The van der Waals surface area contributed by atoms with Crippen molar-refractivity contribution in [3.8, 4) is 0 Å². The van der Waals surface area contributed by atoms with Gasteiger partial charge in [-0.3, -0.25) is 0 Å². The molecule has 0 aliphatic rings. The first kappa shape index (κ1) is 18.7. The fraction of sp³-hybridized carbons (Fsp3) is 0.667. The summed E-state index contributed by atoms with van der Waals surface area (Å²) >= 11 is 0. The van der Waals surface area contributed by atoms with E-state index in [0.29, 0.717) is 0 Å². The molecule has 0 aromatic heterocycles. The van der Waals surface area contributed by atoms with Crippen LogP contribution in [0.15, 0.2) is 18.2 Å². The molecule has 0 radical (unpaired) electrons. The van der Waals surface area contributed by atoms with E-state index < -0.39 is 0 Å². The van der Waals surface area contributed by atoms with E-state index in [1.54, 1.807) is 16.7 Å². The maximum Gasteiger partial charge on any atom is 0 e. The van der Waals surface area contributed by atoms with Gasteiger partial charge >= 0.3 is 0 Å².